The number of amides is 2. The smallest absolute Gasteiger partial charge is 0.415 e. The van der Waals surface area contributed by atoms with Gasteiger partial charge in [-0.05, 0) is 135 Å². The molecule has 5 aromatic rings. The standard InChI is InChI=1S/C52H64ClN7O11S3/c1-12-50(4,5)32-26-37(51(6,7)13-2)44-41(27-32)55-47(70-44)39(54)25-31-18-21-36(24-30(31)3)59(35-16-14-15-17-35)49(63)71-45-46(61)52(8,9)60(48(45)62)42-29-34(19-22-38(42)53)57-74(68,69)43-23-20-33(56-72(10,64)65)28-40(43)58-73(11,66)67/h18-29,35,45,56-58H,12-17,54H2,1-11H3/b39-25-. The van der Waals surface area contributed by atoms with Crippen molar-refractivity contribution in [2.45, 2.75) is 134 Å². The summed E-state index contributed by atoms with van der Waals surface area (Å²) in [7, 11) is -12.6. The van der Waals surface area contributed by atoms with Crippen molar-refractivity contribution >= 4 is 111 Å². The molecule has 0 spiro atoms. The molecule has 2 aliphatic rings. The minimum atomic E-state index is -4.66. The van der Waals surface area contributed by atoms with Gasteiger partial charge in [0, 0.05) is 17.3 Å². The fourth-order valence-corrected chi connectivity index (χ4v) is 11.8. The number of aryl methyl sites for hydroxylation is 1. The van der Waals surface area contributed by atoms with Crippen LogP contribution in [0.2, 0.25) is 5.02 Å². The predicted molar refractivity (Wildman–Crippen MR) is 291 cm³/mol. The van der Waals surface area contributed by atoms with Gasteiger partial charge >= 0.3 is 6.09 Å². The van der Waals surface area contributed by atoms with E-state index >= 15 is 0 Å². The van der Waals surface area contributed by atoms with E-state index < -0.39 is 70.1 Å². The van der Waals surface area contributed by atoms with E-state index in [-0.39, 0.29) is 44.8 Å². The lowest BCUT2D eigenvalue weighted by atomic mass is 9.76. The molecule has 1 unspecified atom stereocenters. The third kappa shape index (κ3) is 11.5. The van der Waals surface area contributed by atoms with Gasteiger partial charge in [0.2, 0.25) is 37.8 Å². The lowest BCUT2D eigenvalue weighted by Crippen LogP contribution is -2.45. The van der Waals surface area contributed by atoms with Crippen LogP contribution in [0, 0.1) is 6.92 Å². The monoisotopic (exact) mass is 1090 g/mol. The van der Waals surface area contributed by atoms with Crippen LogP contribution in [0.4, 0.5) is 33.2 Å². The molecule has 74 heavy (non-hydrogen) atoms. The molecule has 1 aliphatic carbocycles. The molecule has 1 aromatic heterocycles. The zero-order valence-electron chi connectivity index (χ0n) is 43.3. The number of hydrogen-bond acceptors (Lipinski definition) is 13. The van der Waals surface area contributed by atoms with Crippen LogP contribution in [0.1, 0.15) is 122 Å². The molecular formula is C52H64ClN7O11S3. The van der Waals surface area contributed by atoms with E-state index in [1.165, 1.54) is 42.5 Å². The van der Waals surface area contributed by atoms with Gasteiger partial charge in [0.05, 0.1) is 46.0 Å². The molecule has 0 radical (unpaired) electrons. The number of ether oxygens (including phenoxy) is 1. The first-order valence-electron chi connectivity index (χ1n) is 24.1. The second kappa shape index (κ2) is 20.2. The molecule has 7 rings (SSSR count). The van der Waals surface area contributed by atoms with Gasteiger partial charge in [-0.25, -0.2) is 35.0 Å². The molecule has 2 fully saturated rings. The number of anilines is 5. The predicted octanol–water partition coefficient (Wildman–Crippen LogP) is 9.81. The van der Waals surface area contributed by atoms with Gasteiger partial charge in [-0.15, -0.1) is 0 Å². The van der Waals surface area contributed by atoms with Gasteiger partial charge in [0.1, 0.15) is 16.0 Å². The number of nitrogens with two attached hydrogens (primary N) is 1. The molecule has 1 saturated carbocycles. The van der Waals surface area contributed by atoms with Gasteiger partial charge in [-0.1, -0.05) is 78.1 Å². The summed E-state index contributed by atoms with van der Waals surface area (Å²) in [5, 5.41) is -0.0611. The topological polar surface area (TPSA) is 257 Å². The number of nitrogens with zero attached hydrogens (tertiary/aromatic N) is 3. The summed E-state index contributed by atoms with van der Waals surface area (Å²) in [6.45, 7) is 17.9. The number of rotatable bonds is 17. The Balaban J connectivity index is 1.15. The number of halogens is 1. The van der Waals surface area contributed by atoms with Crippen molar-refractivity contribution in [3.8, 4) is 0 Å². The number of fused-ring (bicyclic) bond motifs is 1. The average Bonchev–Trinajstić information content (AvgIpc) is 4.02. The van der Waals surface area contributed by atoms with E-state index in [9.17, 15) is 39.6 Å². The van der Waals surface area contributed by atoms with Crippen LogP contribution < -0.4 is 29.7 Å². The van der Waals surface area contributed by atoms with Gasteiger partial charge in [-0.2, -0.15) is 0 Å². The molecule has 5 N–H and O–H groups in total. The number of ketones is 1. The number of carbonyl (C=O) groups excluding carboxylic acids is 3. The number of oxazole rings is 1. The average molecular weight is 1090 g/mol. The normalized spacial score (nSPS) is 17.0. The Morgan fingerprint density at radius 3 is 2.11 bits per heavy atom. The lowest BCUT2D eigenvalue weighted by molar-refractivity contribution is -0.133. The zero-order chi connectivity index (χ0) is 54.7. The first-order valence-corrected chi connectivity index (χ1v) is 29.7. The minimum absolute atomic E-state index is 0.0611. The van der Waals surface area contributed by atoms with Crippen molar-refractivity contribution < 1.29 is 48.8 Å². The summed E-state index contributed by atoms with van der Waals surface area (Å²) in [6.07, 6.45) is 5.38. The van der Waals surface area contributed by atoms with Crippen molar-refractivity contribution in [1.82, 2.24) is 4.98 Å². The maximum Gasteiger partial charge on any atom is 0.415 e. The van der Waals surface area contributed by atoms with Crippen molar-refractivity contribution in [2.75, 3.05) is 36.5 Å². The first kappa shape index (κ1) is 55.6. The zero-order valence-corrected chi connectivity index (χ0v) is 46.5. The molecule has 22 heteroatoms. The molecule has 0 bridgehead atoms. The summed E-state index contributed by atoms with van der Waals surface area (Å²) in [6, 6.07) is 16.3. The molecule has 1 aliphatic heterocycles. The Morgan fingerprint density at radius 1 is 0.878 bits per heavy atom. The third-order valence-corrected chi connectivity index (χ3v) is 17.1. The molecule has 2 amide bonds. The number of sulfonamides is 3. The Bertz CT molecular complexity index is 3460. The fraction of sp³-hybridized carbons (Fsp3) is 0.423. The van der Waals surface area contributed by atoms with Gasteiger partial charge in [-0.3, -0.25) is 33.6 Å². The number of hydrogen-bond donors (Lipinski definition) is 4. The van der Waals surface area contributed by atoms with Crippen LogP contribution in [0.5, 0.6) is 0 Å². The van der Waals surface area contributed by atoms with E-state index in [4.69, 9.17) is 31.5 Å². The maximum atomic E-state index is 14.5. The maximum absolute atomic E-state index is 14.5. The van der Waals surface area contributed by atoms with Crippen LogP contribution >= 0.6 is 11.6 Å². The van der Waals surface area contributed by atoms with Crippen molar-refractivity contribution in [3.05, 3.63) is 99.9 Å². The summed E-state index contributed by atoms with van der Waals surface area (Å²) >= 11 is 6.66. The summed E-state index contributed by atoms with van der Waals surface area (Å²) < 4.78 is 94.9. The summed E-state index contributed by atoms with van der Waals surface area (Å²) in [4.78, 5) is 49.9. The van der Waals surface area contributed by atoms with Gasteiger partial charge in [0.25, 0.3) is 15.9 Å². The number of Topliss-reactive ketones (excluding diaryl/α,β-unsaturated/α-hetero) is 1. The van der Waals surface area contributed by atoms with E-state index in [2.05, 4.69) is 67.8 Å². The van der Waals surface area contributed by atoms with Crippen molar-refractivity contribution in [2.24, 2.45) is 5.73 Å². The fourth-order valence-electron chi connectivity index (χ4n) is 9.17. The van der Waals surface area contributed by atoms with Gasteiger partial charge < -0.3 is 14.9 Å². The number of carbonyl (C=O) groups is 3. The largest absolute Gasteiger partial charge is 0.434 e. The van der Waals surface area contributed by atoms with Crippen molar-refractivity contribution in [3.63, 3.8) is 0 Å². The van der Waals surface area contributed by atoms with E-state index in [1.807, 2.05) is 19.1 Å². The quantitative estimate of drug-likeness (QED) is 0.0633. The van der Waals surface area contributed by atoms with Crippen LogP contribution in [-0.4, -0.2) is 78.2 Å². The molecular weight excluding hydrogens is 1030 g/mol. The van der Waals surface area contributed by atoms with Crippen molar-refractivity contribution in [1.29, 1.82) is 0 Å². The highest BCUT2D eigenvalue weighted by atomic mass is 35.5. The molecule has 398 valence electrons. The van der Waals surface area contributed by atoms with Crippen LogP contribution in [0.15, 0.2) is 76.0 Å². The Labute approximate surface area is 438 Å². The molecule has 1 atom stereocenters. The Kier molecular flexibility index (Phi) is 15.2. The Morgan fingerprint density at radius 2 is 1.50 bits per heavy atom. The number of aromatic nitrogens is 1. The lowest BCUT2D eigenvalue weighted by Gasteiger charge is -2.30. The second-order valence-electron chi connectivity index (χ2n) is 20.9. The highest BCUT2D eigenvalue weighted by molar-refractivity contribution is 7.93. The Hall–Kier alpha value is -6.16. The second-order valence-corrected chi connectivity index (χ2v) is 26.5. The first-order chi connectivity index (χ1) is 34.3. The molecule has 1 saturated heterocycles. The number of nitrogens with one attached hydrogen (secondary N) is 3. The summed E-state index contributed by atoms with van der Waals surface area (Å²) in [5.74, 6) is -1.41. The van der Waals surface area contributed by atoms with Crippen LogP contribution in [0.3, 0.4) is 0 Å². The van der Waals surface area contributed by atoms with E-state index in [1.54, 1.807) is 12.1 Å². The van der Waals surface area contributed by atoms with Gasteiger partial charge in [0.15, 0.2) is 5.58 Å². The minimum Gasteiger partial charge on any atom is -0.434 e. The number of benzene rings is 4. The SMILES string of the molecule is CCC(C)(C)c1cc(C(C)(C)CC)c2oc(/C(N)=C/c3ccc(N(C(=O)OC4C(=O)N(c5cc(NS(=O)(=O)c6ccc(NS(C)(=O)=O)cc6NS(C)(=O)=O)ccc5Cl)C(C)(C)C4=O)C4CCCC4)cc3C)nc2c1. The van der Waals surface area contributed by atoms with E-state index in [0.717, 1.165) is 83.5 Å². The highest BCUT2D eigenvalue weighted by Gasteiger charge is 2.56. The summed E-state index contributed by atoms with van der Waals surface area (Å²) in [5.41, 5.74) is 9.85. The third-order valence-electron chi connectivity index (χ3n) is 14.1. The molecule has 4 aromatic carbocycles. The van der Waals surface area contributed by atoms with Crippen LogP contribution in [-0.2, 0) is 55.2 Å². The molecule has 18 nitrogen and oxygen atoms in total. The highest BCUT2D eigenvalue weighted by Crippen LogP contribution is 2.42. The van der Waals surface area contributed by atoms with Crippen LogP contribution in [0.25, 0.3) is 22.9 Å². The van der Waals surface area contributed by atoms with E-state index in [0.29, 0.717) is 29.8 Å². The molecule has 2 heterocycles.